The number of nitrogens with zero attached hydrogens (tertiary/aromatic N) is 1. The molecule has 1 aliphatic heterocycles. The Balaban J connectivity index is 0.000000758. The number of halogens is 2. The summed E-state index contributed by atoms with van der Waals surface area (Å²) in [7, 11) is 0. The lowest BCUT2D eigenvalue weighted by Gasteiger charge is -2.25. The third-order valence-electron chi connectivity index (χ3n) is 3.55. The summed E-state index contributed by atoms with van der Waals surface area (Å²) in [6.45, 7) is 3.55. The molecule has 3 rings (SSSR count). The summed E-state index contributed by atoms with van der Waals surface area (Å²) < 4.78 is 10.6. The van der Waals surface area contributed by atoms with Crippen molar-refractivity contribution in [1.29, 1.82) is 5.26 Å². The van der Waals surface area contributed by atoms with E-state index in [2.05, 4.69) is 0 Å². The van der Waals surface area contributed by atoms with Crippen molar-refractivity contribution in [2.45, 2.75) is 19.8 Å². The molecule has 1 atom stereocenters. The first-order valence-corrected chi connectivity index (χ1v) is 8.38. The zero-order valence-corrected chi connectivity index (χ0v) is 15.6. The van der Waals surface area contributed by atoms with Gasteiger partial charge in [0.15, 0.2) is 0 Å². The van der Waals surface area contributed by atoms with E-state index in [1.165, 1.54) is 0 Å². The lowest BCUT2D eigenvalue weighted by atomic mass is 9.84. The SMILES string of the molecule is CCO.Cc1cc2c(c(=O)o1)C(c1cccc(Cl)c1Cl)C(C#N)=C(N)O2. The summed E-state index contributed by atoms with van der Waals surface area (Å²) in [6, 6.07) is 8.50. The third kappa shape index (κ3) is 3.70. The third-order valence-corrected chi connectivity index (χ3v) is 4.38. The summed E-state index contributed by atoms with van der Waals surface area (Å²) in [5, 5.41) is 17.6. The van der Waals surface area contributed by atoms with Crippen molar-refractivity contribution in [1.82, 2.24) is 0 Å². The van der Waals surface area contributed by atoms with Gasteiger partial charge < -0.3 is 20.0 Å². The highest BCUT2D eigenvalue weighted by Crippen LogP contribution is 2.44. The van der Waals surface area contributed by atoms with E-state index in [9.17, 15) is 10.1 Å². The van der Waals surface area contributed by atoms with Gasteiger partial charge in [-0.25, -0.2) is 4.79 Å². The monoisotopic (exact) mass is 394 g/mol. The molecule has 0 aliphatic carbocycles. The number of nitriles is 1. The van der Waals surface area contributed by atoms with Crippen LogP contribution < -0.4 is 16.1 Å². The van der Waals surface area contributed by atoms with Crippen molar-refractivity contribution < 1.29 is 14.3 Å². The van der Waals surface area contributed by atoms with Crippen molar-refractivity contribution in [3.05, 3.63) is 73.1 Å². The van der Waals surface area contributed by atoms with Gasteiger partial charge >= 0.3 is 5.63 Å². The molecular weight excluding hydrogens is 379 g/mol. The van der Waals surface area contributed by atoms with Gasteiger partial charge in [0, 0.05) is 12.7 Å². The zero-order valence-electron chi connectivity index (χ0n) is 14.0. The number of benzene rings is 1. The van der Waals surface area contributed by atoms with E-state index in [0.717, 1.165) is 0 Å². The van der Waals surface area contributed by atoms with Crippen molar-refractivity contribution in [3.8, 4) is 11.8 Å². The van der Waals surface area contributed by atoms with Gasteiger partial charge in [-0.15, -0.1) is 0 Å². The molecule has 0 saturated carbocycles. The molecule has 8 heteroatoms. The van der Waals surface area contributed by atoms with Crippen LogP contribution in [0.3, 0.4) is 0 Å². The number of rotatable bonds is 1. The largest absolute Gasteiger partial charge is 0.440 e. The van der Waals surface area contributed by atoms with Crippen LogP contribution in [-0.4, -0.2) is 11.7 Å². The molecule has 0 spiro atoms. The number of ether oxygens (including phenoxy) is 1. The highest BCUT2D eigenvalue weighted by atomic mass is 35.5. The maximum absolute atomic E-state index is 12.3. The van der Waals surface area contributed by atoms with Crippen LogP contribution in [0.25, 0.3) is 0 Å². The molecule has 0 amide bonds. The molecule has 1 aromatic heterocycles. The Morgan fingerprint density at radius 2 is 2.04 bits per heavy atom. The van der Waals surface area contributed by atoms with Crippen LogP contribution in [0.2, 0.25) is 10.0 Å². The fraction of sp³-hybridized carbons (Fsp3) is 0.222. The summed E-state index contributed by atoms with van der Waals surface area (Å²) in [4.78, 5) is 12.3. The van der Waals surface area contributed by atoms with Gasteiger partial charge in [0.1, 0.15) is 23.2 Å². The molecule has 3 N–H and O–H groups in total. The second-order valence-corrected chi connectivity index (χ2v) is 6.09. The molecule has 2 heterocycles. The average Bonchev–Trinajstić information content (AvgIpc) is 2.56. The summed E-state index contributed by atoms with van der Waals surface area (Å²) in [5.41, 5.74) is 5.98. The first-order chi connectivity index (χ1) is 12.3. The minimum atomic E-state index is -0.799. The van der Waals surface area contributed by atoms with Crippen LogP contribution in [0.1, 0.15) is 29.7 Å². The predicted octanol–water partition coefficient (Wildman–Crippen LogP) is 3.47. The van der Waals surface area contributed by atoms with E-state index < -0.39 is 11.5 Å². The normalized spacial score (nSPS) is 15.3. The number of fused-ring (bicyclic) bond motifs is 1. The van der Waals surface area contributed by atoms with Crippen LogP contribution in [0.15, 0.2) is 44.9 Å². The second-order valence-electron chi connectivity index (χ2n) is 5.31. The van der Waals surface area contributed by atoms with Gasteiger partial charge in [-0.1, -0.05) is 35.3 Å². The standard InChI is InChI=1S/C16H10Cl2N2O3.C2H6O/c1-7-5-11-13(16(21)22-7)12(9(6-19)15(20)23-11)8-3-2-4-10(17)14(8)18;1-2-3/h2-5,12H,20H2,1H3;3H,2H2,1H3. The highest BCUT2D eigenvalue weighted by Gasteiger charge is 2.35. The summed E-state index contributed by atoms with van der Waals surface area (Å²) in [5.74, 6) is -0.257. The summed E-state index contributed by atoms with van der Waals surface area (Å²) in [6.07, 6.45) is 0. The molecule has 0 radical (unpaired) electrons. The van der Waals surface area contributed by atoms with Crippen LogP contribution in [0.4, 0.5) is 0 Å². The first-order valence-electron chi connectivity index (χ1n) is 7.62. The van der Waals surface area contributed by atoms with Gasteiger partial charge in [-0.3, -0.25) is 0 Å². The second kappa shape index (κ2) is 8.28. The number of nitrogens with two attached hydrogens (primary N) is 1. The van der Waals surface area contributed by atoms with Crippen LogP contribution >= 0.6 is 23.2 Å². The van der Waals surface area contributed by atoms with Gasteiger partial charge in [-0.05, 0) is 25.5 Å². The Bertz CT molecular complexity index is 961. The zero-order chi connectivity index (χ0) is 19.4. The predicted molar refractivity (Wildman–Crippen MR) is 98.2 cm³/mol. The van der Waals surface area contributed by atoms with E-state index in [-0.39, 0.29) is 34.4 Å². The van der Waals surface area contributed by atoms with Gasteiger partial charge in [0.2, 0.25) is 5.88 Å². The minimum Gasteiger partial charge on any atom is -0.440 e. The quantitative estimate of drug-likeness (QED) is 0.765. The molecule has 1 aliphatic rings. The minimum absolute atomic E-state index is 0.0777. The van der Waals surface area contributed by atoms with Crippen molar-refractivity contribution >= 4 is 23.2 Å². The van der Waals surface area contributed by atoms with E-state index in [1.54, 1.807) is 38.1 Å². The van der Waals surface area contributed by atoms with Crippen molar-refractivity contribution in [2.24, 2.45) is 5.73 Å². The molecular formula is C18H16Cl2N2O4. The molecule has 0 fully saturated rings. The highest BCUT2D eigenvalue weighted by molar-refractivity contribution is 6.42. The molecule has 2 aromatic rings. The van der Waals surface area contributed by atoms with Gasteiger partial charge in [0.25, 0.3) is 0 Å². The topological polar surface area (TPSA) is 109 Å². The van der Waals surface area contributed by atoms with E-state index in [1.807, 2.05) is 6.07 Å². The number of aliphatic hydroxyl groups is 1. The number of hydrogen-bond acceptors (Lipinski definition) is 6. The average molecular weight is 395 g/mol. The van der Waals surface area contributed by atoms with Crippen molar-refractivity contribution in [2.75, 3.05) is 6.61 Å². The molecule has 26 heavy (non-hydrogen) atoms. The molecule has 1 aromatic carbocycles. The smallest absolute Gasteiger partial charge is 0.343 e. The molecule has 136 valence electrons. The Kier molecular flexibility index (Phi) is 6.32. The molecule has 0 saturated heterocycles. The maximum atomic E-state index is 12.3. The lowest BCUT2D eigenvalue weighted by Crippen LogP contribution is -2.26. The number of hydrogen-bond donors (Lipinski definition) is 2. The van der Waals surface area contributed by atoms with E-state index in [4.69, 9.17) is 43.2 Å². The van der Waals surface area contributed by atoms with Gasteiger partial charge in [0.05, 0.1) is 21.5 Å². The number of allylic oxidation sites excluding steroid dienone is 1. The van der Waals surface area contributed by atoms with Crippen LogP contribution in [0.5, 0.6) is 5.75 Å². The van der Waals surface area contributed by atoms with Crippen molar-refractivity contribution in [3.63, 3.8) is 0 Å². The van der Waals surface area contributed by atoms with Crippen LogP contribution in [-0.2, 0) is 0 Å². The molecule has 1 unspecified atom stereocenters. The van der Waals surface area contributed by atoms with Crippen LogP contribution in [0, 0.1) is 18.3 Å². The Hall–Kier alpha value is -2.46. The van der Waals surface area contributed by atoms with E-state index >= 15 is 0 Å². The Morgan fingerprint density at radius 3 is 2.65 bits per heavy atom. The van der Waals surface area contributed by atoms with E-state index in [0.29, 0.717) is 16.3 Å². The fourth-order valence-electron chi connectivity index (χ4n) is 2.57. The number of aryl methyl sites for hydroxylation is 1. The number of aliphatic hydroxyl groups excluding tert-OH is 1. The Labute approximate surface area is 160 Å². The maximum Gasteiger partial charge on any atom is 0.343 e. The Morgan fingerprint density at radius 1 is 1.38 bits per heavy atom. The lowest BCUT2D eigenvalue weighted by molar-refractivity contribution is 0.318. The molecule has 0 bridgehead atoms. The first kappa shape index (κ1) is 19.9. The summed E-state index contributed by atoms with van der Waals surface area (Å²) >= 11 is 12.3. The van der Waals surface area contributed by atoms with Gasteiger partial charge in [-0.2, -0.15) is 5.26 Å². The molecule has 6 nitrogen and oxygen atoms in total. The fourth-order valence-corrected chi connectivity index (χ4v) is 2.99.